The predicted molar refractivity (Wildman–Crippen MR) is 91.7 cm³/mol. The third-order valence-electron chi connectivity index (χ3n) is 3.46. The summed E-state index contributed by atoms with van der Waals surface area (Å²) in [6.45, 7) is 6.57. The molecule has 116 valence electrons. The van der Waals surface area contributed by atoms with Crippen molar-refractivity contribution in [2.45, 2.75) is 26.2 Å². The molecule has 4 nitrogen and oxygen atoms in total. The molecule has 0 atom stereocenters. The van der Waals surface area contributed by atoms with Gasteiger partial charge in [0, 0.05) is 11.6 Å². The van der Waals surface area contributed by atoms with Crippen LogP contribution in [0, 0.1) is 0 Å². The zero-order chi connectivity index (χ0) is 16.2. The van der Waals surface area contributed by atoms with Crippen molar-refractivity contribution < 1.29 is 4.74 Å². The molecule has 0 heterocycles. The van der Waals surface area contributed by atoms with E-state index in [-0.39, 0.29) is 5.41 Å². The molecule has 0 aliphatic carbocycles. The average Bonchev–Trinajstić information content (AvgIpc) is 2.52. The Labute approximate surface area is 132 Å². The van der Waals surface area contributed by atoms with Crippen LogP contribution in [0.3, 0.4) is 0 Å². The van der Waals surface area contributed by atoms with Gasteiger partial charge in [-0.25, -0.2) is 10.8 Å². The smallest absolute Gasteiger partial charge is 0.147 e. The molecule has 0 unspecified atom stereocenters. The van der Waals surface area contributed by atoms with E-state index in [0.717, 1.165) is 17.0 Å². The second-order valence-electron chi connectivity index (χ2n) is 6.13. The quantitative estimate of drug-likeness (QED) is 0.394. The molecule has 0 bridgehead atoms. The normalized spacial score (nSPS) is 12.1. The lowest BCUT2D eigenvalue weighted by molar-refractivity contribution is 0.415. The molecule has 2 rings (SSSR count). The van der Waals surface area contributed by atoms with E-state index in [4.69, 9.17) is 10.6 Å². The molecule has 0 spiro atoms. The van der Waals surface area contributed by atoms with Crippen LogP contribution in [-0.4, -0.2) is 12.9 Å². The number of hydrogen-bond donors (Lipinski definition) is 2. The van der Waals surface area contributed by atoms with Gasteiger partial charge in [0.2, 0.25) is 0 Å². The van der Waals surface area contributed by atoms with E-state index < -0.39 is 0 Å². The molecular weight excluding hydrogens is 274 g/mol. The lowest BCUT2D eigenvalue weighted by Gasteiger charge is -2.19. The summed E-state index contributed by atoms with van der Waals surface area (Å²) in [6, 6.07) is 15.8. The molecule has 0 aromatic heterocycles. The summed E-state index contributed by atoms with van der Waals surface area (Å²) < 4.78 is 5.21. The van der Waals surface area contributed by atoms with Gasteiger partial charge < -0.3 is 10.2 Å². The Bertz CT molecular complexity index is 655. The number of nitrogens with zero attached hydrogens (tertiary/aromatic N) is 1. The number of amidine groups is 1. The van der Waals surface area contributed by atoms with E-state index in [2.05, 4.69) is 43.3 Å². The largest absolute Gasteiger partial charge is 0.497 e. The fourth-order valence-corrected chi connectivity index (χ4v) is 2.12. The number of rotatable bonds is 3. The molecule has 0 fully saturated rings. The van der Waals surface area contributed by atoms with Gasteiger partial charge in [-0.3, -0.25) is 0 Å². The van der Waals surface area contributed by atoms with Crippen molar-refractivity contribution in [2.24, 2.45) is 10.8 Å². The van der Waals surface area contributed by atoms with Crippen LogP contribution in [0.25, 0.3) is 0 Å². The monoisotopic (exact) mass is 297 g/mol. The van der Waals surface area contributed by atoms with Crippen LogP contribution in [0.1, 0.15) is 31.9 Å². The van der Waals surface area contributed by atoms with Crippen molar-refractivity contribution in [3.8, 4) is 5.75 Å². The molecule has 2 aromatic carbocycles. The predicted octanol–water partition coefficient (Wildman–Crippen LogP) is 3.53. The van der Waals surface area contributed by atoms with Crippen LogP contribution >= 0.6 is 0 Å². The lowest BCUT2D eigenvalue weighted by Crippen LogP contribution is -2.31. The Morgan fingerprint density at radius 3 is 2.32 bits per heavy atom. The third kappa shape index (κ3) is 3.86. The highest BCUT2D eigenvalue weighted by atomic mass is 16.5. The highest BCUT2D eigenvalue weighted by Crippen LogP contribution is 2.23. The average molecular weight is 297 g/mol. The van der Waals surface area contributed by atoms with Crippen molar-refractivity contribution in [1.29, 1.82) is 0 Å². The Morgan fingerprint density at radius 1 is 1.09 bits per heavy atom. The molecular formula is C18H23N3O. The van der Waals surface area contributed by atoms with Gasteiger partial charge >= 0.3 is 0 Å². The Hall–Kier alpha value is -2.33. The summed E-state index contributed by atoms with van der Waals surface area (Å²) in [5.74, 6) is 7.02. The molecule has 2 aromatic rings. The molecule has 0 radical (unpaired) electrons. The second kappa shape index (κ2) is 6.62. The van der Waals surface area contributed by atoms with Crippen molar-refractivity contribution in [3.63, 3.8) is 0 Å². The van der Waals surface area contributed by atoms with Gasteiger partial charge in [0.15, 0.2) is 0 Å². The van der Waals surface area contributed by atoms with E-state index >= 15 is 0 Å². The molecule has 0 saturated carbocycles. The molecule has 0 aliphatic heterocycles. The lowest BCUT2D eigenvalue weighted by atomic mass is 9.86. The number of hydrogen-bond acceptors (Lipinski definition) is 3. The first-order valence-electron chi connectivity index (χ1n) is 7.24. The van der Waals surface area contributed by atoms with Gasteiger partial charge in [-0.2, -0.15) is 0 Å². The Balaban J connectivity index is 2.33. The number of benzene rings is 2. The molecule has 0 amide bonds. The standard InChI is InChI=1S/C18H23N3O/c1-18(2,3)14-10-8-13(9-11-14)17(21-19)20-15-6-5-7-16(12-15)22-4/h5-12H,19H2,1-4H3,(H,20,21). The van der Waals surface area contributed by atoms with Crippen LogP contribution in [0.5, 0.6) is 5.75 Å². The Morgan fingerprint density at radius 2 is 1.77 bits per heavy atom. The minimum Gasteiger partial charge on any atom is -0.497 e. The van der Waals surface area contributed by atoms with E-state index in [1.807, 2.05) is 36.4 Å². The van der Waals surface area contributed by atoms with Gasteiger partial charge in [-0.1, -0.05) is 51.1 Å². The molecule has 0 saturated heterocycles. The molecule has 3 N–H and O–H groups in total. The second-order valence-corrected chi connectivity index (χ2v) is 6.13. The minimum atomic E-state index is 0.124. The number of nitrogens with one attached hydrogen (secondary N) is 1. The van der Waals surface area contributed by atoms with Gasteiger partial charge in [0.25, 0.3) is 0 Å². The van der Waals surface area contributed by atoms with Crippen LogP contribution < -0.4 is 16.0 Å². The zero-order valence-electron chi connectivity index (χ0n) is 13.6. The first-order chi connectivity index (χ1) is 10.4. The first-order valence-corrected chi connectivity index (χ1v) is 7.24. The number of nitrogens with two attached hydrogens (primary N) is 1. The fraction of sp³-hybridized carbons (Fsp3) is 0.278. The maximum Gasteiger partial charge on any atom is 0.147 e. The van der Waals surface area contributed by atoms with E-state index in [0.29, 0.717) is 5.84 Å². The first kappa shape index (κ1) is 16.0. The van der Waals surface area contributed by atoms with Crippen molar-refractivity contribution in [2.75, 3.05) is 7.11 Å². The maximum absolute atomic E-state index is 5.63. The highest BCUT2D eigenvalue weighted by Gasteiger charge is 2.13. The highest BCUT2D eigenvalue weighted by molar-refractivity contribution is 6.00. The van der Waals surface area contributed by atoms with Gasteiger partial charge in [-0.15, -0.1) is 0 Å². The summed E-state index contributed by atoms with van der Waals surface area (Å²) in [4.78, 5) is 4.55. The van der Waals surface area contributed by atoms with Crippen molar-refractivity contribution >= 4 is 11.5 Å². The summed E-state index contributed by atoms with van der Waals surface area (Å²) in [5.41, 5.74) is 5.80. The van der Waals surface area contributed by atoms with Crippen molar-refractivity contribution in [3.05, 3.63) is 59.7 Å². The summed E-state index contributed by atoms with van der Waals surface area (Å²) in [5, 5.41) is 0. The van der Waals surface area contributed by atoms with E-state index in [1.54, 1.807) is 7.11 Å². The third-order valence-corrected chi connectivity index (χ3v) is 3.46. The summed E-state index contributed by atoms with van der Waals surface area (Å²) in [7, 11) is 1.64. The van der Waals surface area contributed by atoms with Crippen LogP contribution in [0.4, 0.5) is 5.69 Å². The zero-order valence-corrected chi connectivity index (χ0v) is 13.6. The minimum absolute atomic E-state index is 0.124. The topological polar surface area (TPSA) is 59.6 Å². The SMILES string of the molecule is COc1cccc(N=C(NN)c2ccc(C(C)(C)C)cc2)c1. The maximum atomic E-state index is 5.63. The van der Waals surface area contributed by atoms with E-state index in [9.17, 15) is 0 Å². The number of methoxy groups -OCH3 is 1. The number of hydrazine groups is 1. The van der Waals surface area contributed by atoms with Crippen LogP contribution in [-0.2, 0) is 5.41 Å². The summed E-state index contributed by atoms with van der Waals surface area (Å²) >= 11 is 0. The van der Waals surface area contributed by atoms with E-state index in [1.165, 1.54) is 5.56 Å². The van der Waals surface area contributed by atoms with Gasteiger partial charge in [0.05, 0.1) is 12.8 Å². The fourth-order valence-electron chi connectivity index (χ4n) is 2.12. The van der Waals surface area contributed by atoms with Gasteiger partial charge in [-0.05, 0) is 23.1 Å². The Kier molecular flexibility index (Phi) is 4.83. The molecule has 4 heteroatoms. The van der Waals surface area contributed by atoms with Crippen LogP contribution in [0.2, 0.25) is 0 Å². The van der Waals surface area contributed by atoms with Crippen LogP contribution in [0.15, 0.2) is 53.5 Å². The number of aliphatic imine (C=N–C) groups is 1. The summed E-state index contributed by atoms with van der Waals surface area (Å²) in [6.07, 6.45) is 0. The molecule has 0 aliphatic rings. The van der Waals surface area contributed by atoms with Gasteiger partial charge in [0.1, 0.15) is 11.6 Å². The van der Waals surface area contributed by atoms with Crippen molar-refractivity contribution in [1.82, 2.24) is 5.43 Å². The molecule has 22 heavy (non-hydrogen) atoms. The number of ether oxygens (including phenoxy) is 1.